The molecule has 1 saturated heterocycles. The van der Waals surface area contributed by atoms with E-state index < -0.39 is 6.10 Å². The minimum absolute atomic E-state index is 0.134. The third kappa shape index (κ3) is 3.06. The molecule has 2 rings (SSSR count). The molecule has 6 heteroatoms. The fourth-order valence-corrected chi connectivity index (χ4v) is 3.70. The van der Waals surface area contributed by atoms with Crippen LogP contribution in [-0.2, 0) is 0 Å². The van der Waals surface area contributed by atoms with Crippen molar-refractivity contribution in [1.82, 2.24) is 0 Å². The van der Waals surface area contributed by atoms with Gasteiger partial charge in [0, 0.05) is 23.5 Å². The molecule has 2 atom stereocenters. The van der Waals surface area contributed by atoms with E-state index >= 15 is 0 Å². The largest absolute Gasteiger partial charge is 0.388 e. The zero-order valence-corrected chi connectivity index (χ0v) is 12.2. The molecular weight excluding hydrogens is 264 g/mol. The number of hydrogen-bond acceptors (Lipinski definition) is 5. The number of nitro groups is 1. The van der Waals surface area contributed by atoms with Gasteiger partial charge < -0.3 is 10.0 Å². The van der Waals surface area contributed by atoms with Crippen molar-refractivity contribution in [3.63, 3.8) is 0 Å². The van der Waals surface area contributed by atoms with Crippen LogP contribution in [0.2, 0.25) is 0 Å². The molecule has 5 nitrogen and oxygen atoms in total. The third-order valence-electron chi connectivity index (χ3n) is 3.63. The Morgan fingerprint density at radius 3 is 2.89 bits per heavy atom. The van der Waals surface area contributed by atoms with Crippen LogP contribution in [0.4, 0.5) is 10.7 Å². The van der Waals surface area contributed by atoms with Crippen LogP contribution in [0.25, 0.3) is 0 Å². The number of aliphatic hydroxyl groups is 1. The maximum atomic E-state index is 11.2. The molecule has 1 aromatic rings. The van der Waals surface area contributed by atoms with Gasteiger partial charge in [0.15, 0.2) is 5.00 Å². The highest BCUT2D eigenvalue weighted by Crippen LogP contribution is 2.42. The molecule has 0 spiro atoms. The average molecular weight is 284 g/mol. The minimum atomic E-state index is -0.653. The van der Waals surface area contributed by atoms with E-state index in [1.54, 1.807) is 6.92 Å². The van der Waals surface area contributed by atoms with Crippen LogP contribution in [0.15, 0.2) is 6.07 Å². The fourth-order valence-electron chi connectivity index (χ4n) is 2.51. The summed E-state index contributed by atoms with van der Waals surface area (Å²) in [6, 6.07) is 1.84. The van der Waals surface area contributed by atoms with Crippen molar-refractivity contribution in [3.05, 3.63) is 21.1 Å². The number of aliphatic hydroxyl groups excluding tert-OH is 1. The van der Waals surface area contributed by atoms with Gasteiger partial charge in [0.25, 0.3) is 0 Å². The van der Waals surface area contributed by atoms with Crippen molar-refractivity contribution in [1.29, 1.82) is 0 Å². The normalized spacial score (nSPS) is 22.1. The monoisotopic (exact) mass is 284 g/mol. The lowest BCUT2D eigenvalue weighted by Gasteiger charge is -2.27. The van der Waals surface area contributed by atoms with E-state index in [2.05, 4.69) is 11.8 Å². The lowest BCUT2D eigenvalue weighted by atomic mass is 10.1. The number of anilines is 1. The van der Waals surface area contributed by atoms with Crippen molar-refractivity contribution in [2.24, 2.45) is 0 Å². The Morgan fingerprint density at radius 2 is 2.26 bits per heavy atom. The SMILES string of the molecule is CC1CCCCCN1c1sc([C@@H](C)O)cc1[N+](=O)[O-]. The predicted molar refractivity (Wildman–Crippen MR) is 76.9 cm³/mol. The maximum absolute atomic E-state index is 11.2. The van der Waals surface area contributed by atoms with Gasteiger partial charge in [-0.05, 0) is 26.7 Å². The highest BCUT2D eigenvalue weighted by atomic mass is 32.1. The van der Waals surface area contributed by atoms with Crippen molar-refractivity contribution < 1.29 is 10.0 Å². The standard InChI is InChI=1S/C13H20N2O3S/c1-9-6-4-3-5-7-14(9)13-11(15(17)18)8-12(19-13)10(2)16/h8-10,16H,3-7H2,1-2H3/t9?,10-/m1/s1. The second-order valence-corrected chi connectivity index (χ2v) is 6.23. The first kappa shape index (κ1) is 14.3. The summed E-state index contributed by atoms with van der Waals surface area (Å²) in [5.41, 5.74) is 0.134. The lowest BCUT2D eigenvalue weighted by molar-refractivity contribution is -0.383. The van der Waals surface area contributed by atoms with Crippen LogP contribution in [0, 0.1) is 10.1 Å². The van der Waals surface area contributed by atoms with Crippen molar-refractivity contribution in [3.8, 4) is 0 Å². The molecule has 2 heterocycles. The second kappa shape index (κ2) is 5.88. The fraction of sp³-hybridized carbons (Fsp3) is 0.692. The molecule has 1 unspecified atom stereocenters. The van der Waals surface area contributed by atoms with E-state index in [0.29, 0.717) is 15.9 Å². The molecule has 1 fully saturated rings. The molecule has 0 aromatic carbocycles. The minimum Gasteiger partial charge on any atom is -0.388 e. The molecule has 1 N–H and O–H groups in total. The topological polar surface area (TPSA) is 66.6 Å². The summed E-state index contributed by atoms with van der Waals surface area (Å²) >= 11 is 1.35. The zero-order valence-electron chi connectivity index (χ0n) is 11.3. The molecular formula is C13H20N2O3S. The van der Waals surface area contributed by atoms with E-state index in [0.717, 1.165) is 19.4 Å². The molecule has 1 aliphatic rings. The van der Waals surface area contributed by atoms with Gasteiger partial charge in [-0.15, -0.1) is 11.3 Å². The summed E-state index contributed by atoms with van der Waals surface area (Å²) in [7, 11) is 0. The van der Waals surface area contributed by atoms with Crippen LogP contribution in [-0.4, -0.2) is 22.6 Å². The number of nitrogens with zero attached hydrogens (tertiary/aromatic N) is 2. The Morgan fingerprint density at radius 1 is 1.53 bits per heavy atom. The predicted octanol–water partition coefficient (Wildman–Crippen LogP) is 3.48. The quantitative estimate of drug-likeness (QED) is 0.681. The van der Waals surface area contributed by atoms with Crippen molar-refractivity contribution in [2.45, 2.75) is 51.7 Å². The van der Waals surface area contributed by atoms with Gasteiger partial charge >= 0.3 is 5.69 Å². The van der Waals surface area contributed by atoms with Gasteiger partial charge in [0.05, 0.1) is 11.0 Å². The molecule has 1 aromatic heterocycles. The van der Waals surface area contributed by atoms with Crippen molar-refractivity contribution in [2.75, 3.05) is 11.4 Å². The molecule has 19 heavy (non-hydrogen) atoms. The van der Waals surface area contributed by atoms with Crippen molar-refractivity contribution >= 4 is 22.0 Å². The summed E-state index contributed by atoms with van der Waals surface area (Å²) in [5.74, 6) is 0. The molecule has 0 bridgehead atoms. The zero-order chi connectivity index (χ0) is 14.0. The first-order valence-electron chi connectivity index (χ1n) is 6.73. The van der Waals surface area contributed by atoms with Crippen LogP contribution in [0.5, 0.6) is 0 Å². The molecule has 0 radical (unpaired) electrons. The summed E-state index contributed by atoms with van der Waals surface area (Å²) in [4.78, 5) is 13.7. The number of rotatable bonds is 3. The summed E-state index contributed by atoms with van der Waals surface area (Å²) in [6.45, 7) is 4.63. The van der Waals surface area contributed by atoms with E-state index in [4.69, 9.17) is 0 Å². The van der Waals surface area contributed by atoms with E-state index in [-0.39, 0.29) is 10.6 Å². The Bertz CT molecular complexity index is 459. The highest BCUT2D eigenvalue weighted by Gasteiger charge is 2.28. The van der Waals surface area contributed by atoms with Gasteiger partial charge in [-0.3, -0.25) is 10.1 Å². The number of hydrogen-bond donors (Lipinski definition) is 1. The van der Waals surface area contributed by atoms with Gasteiger partial charge in [-0.2, -0.15) is 0 Å². The third-order valence-corrected chi connectivity index (χ3v) is 4.97. The Labute approximate surface area is 117 Å². The average Bonchev–Trinajstić information content (AvgIpc) is 2.68. The molecule has 1 aliphatic heterocycles. The molecule has 106 valence electrons. The number of thiophene rings is 1. The van der Waals surface area contributed by atoms with Crippen LogP contribution in [0.3, 0.4) is 0 Å². The van der Waals surface area contributed by atoms with E-state index in [1.165, 1.54) is 30.2 Å². The highest BCUT2D eigenvalue weighted by molar-refractivity contribution is 7.16. The van der Waals surface area contributed by atoms with E-state index in [9.17, 15) is 15.2 Å². The van der Waals surface area contributed by atoms with Crippen LogP contribution >= 0.6 is 11.3 Å². The second-order valence-electron chi connectivity index (χ2n) is 5.16. The van der Waals surface area contributed by atoms with E-state index in [1.807, 2.05) is 0 Å². The van der Waals surface area contributed by atoms with Gasteiger partial charge in [-0.25, -0.2) is 0 Å². The summed E-state index contributed by atoms with van der Waals surface area (Å²) in [6.07, 6.45) is 3.85. The molecule has 0 aliphatic carbocycles. The first-order chi connectivity index (χ1) is 9.00. The van der Waals surface area contributed by atoms with Crippen LogP contribution < -0.4 is 4.90 Å². The molecule has 0 amide bonds. The van der Waals surface area contributed by atoms with Crippen LogP contribution in [0.1, 0.15) is 50.5 Å². The van der Waals surface area contributed by atoms with Gasteiger partial charge in [-0.1, -0.05) is 12.8 Å². The van der Waals surface area contributed by atoms with Gasteiger partial charge in [0.2, 0.25) is 0 Å². The maximum Gasteiger partial charge on any atom is 0.304 e. The smallest absolute Gasteiger partial charge is 0.304 e. The Balaban J connectivity index is 2.38. The summed E-state index contributed by atoms with van der Waals surface area (Å²) < 4.78 is 0. The lowest BCUT2D eigenvalue weighted by Crippen LogP contribution is -2.32. The Kier molecular flexibility index (Phi) is 4.42. The first-order valence-corrected chi connectivity index (χ1v) is 7.55. The molecule has 0 saturated carbocycles. The van der Waals surface area contributed by atoms with Gasteiger partial charge in [0.1, 0.15) is 0 Å². The Hall–Kier alpha value is -1.14. The summed E-state index contributed by atoms with van der Waals surface area (Å²) in [5, 5.41) is 21.5.